The molecule has 1 aromatic heterocycles. The Morgan fingerprint density at radius 2 is 1.80 bits per heavy atom. The fourth-order valence-corrected chi connectivity index (χ4v) is 1.94. The Morgan fingerprint density at radius 1 is 1.15 bits per heavy atom. The third-order valence-electron chi connectivity index (χ3n) is 3.07. The number of aromatic nitrogens is 3. The number of rotatable bonds is 6. The number of ether oxygens (including phenoxy) is 1. The largest absolute Gasteiger partial charge is 0.379 e. The molecule has 0 atom stereocenters. The van der Waals surface area contributed by atoms with Crippen molar-refractivity contribution in [1.29, 1.82) is 0 Å². The molecule has 1 saturated heterocycles. The van der Waals surface area contributed by atoms with Crippen LogP contribution in [0.15, 0.2) is 0 Å². The number of hydrogen-bond acceptors (Lipinski definition) is 9. The summed E-state index contributed by atoms with van der Waals surface area (Å²) in [7, 11) is 0. The van der Waals surface area contributed by atoms with Gasteiger partial charge in [0, 0.05) is 26.2 Å². The Morgan fingerprint density at radius 3 is 2.40 bits per heavy atom. The zero-order valence-electron chi connectivity index (χ0n) is 12.0. The molecule has 9 nitrogen and oxygen atoms in total. The van der Waals surface area contributed by atoms with Crippen LogP contribution in [0.2, 0.25) is 0 Å². The second kappa shape index (κ2) is 7.17. The maximum atomic E-state index is 5.42. The van der Waals surface area contributed by atoms with E-state index in [4.69, 9.17) is 10.6 Å². The normalized spacial score (nSPS) is 15.9. The van der Waals surface area contributed by atoms with E-state index in [0.29, 0.717) is 31.1 Å². The van der Waals surface area contributed by atoms with Gasteiger partial charge in [-0.2, -0.15) is 15.0 Å². The molecule has 0 saturated carbocycles. The first-order valence-electron chi connectivity index (χ1n) is 6.83. The van der Waals surface area contributed by atoms with E-state index in [9.17, 15) is 0 Å². The highest BCUT2D eigenvalue weighted by molar-refractivity contribution is 5.42. The molecule has 112 valence electrons. The second-order valence-corrected chi connectivity index (χ2v) is 4.31. The minimum absolute atomic E-state index is 0.345. The first kappa shape index (κ1) is 14.7. The van der Waals surface area contributed by atoms with Gasteiger partial charge in [-0.3, -0.25) is 10.9 Å². The zero-order valence-corrected chi connectivity index (χ0v) is 12.0. The van der Waals surface area contributed by atoms with Gasteiger partial charge >= 0.3 is 0 Å². The molecule has 1 fully saturated rings. The van der Waals surface area contributed by atoms with Crippen molar-refractivity contribution < 1.29 is 4.74 Å². The van der Waals surface area contributed by atoms with E-state index in [0.717, 1.165) is 26.2 Å². The van der Waals surface area contributed by atoms with Crippen LogP contribution in [-0.4, -0.2) is 59.4 Å². The molecule has 1 aliphatic rings. The molecule has 2 heterocycles. The lowest BCUT2D eigenvalue weighted by Gasteiger charge is -2.27. The number of anilines is 3. The monoisotopic (exact) mass is 282 g/mol. The first-order chi connectivity index (χ1) is 9.76. The number of morpholine rings is 1. The number of nitrogens with zero attached hydrogens (tertiary/aromatic N) is 5. The van der Waals surface area contributed by atoms with Crippen LogP contribution in [-0.2, 0) is 4.74 Å². The Balaban J connectivity index is 2.16. The van der Waals surface area contributed by atoms with Crippen LogP contribution >= 0.6 is 0 Å². The van der Waals surface area contributed by atoms with Crippen LogP contribution in [0.25, 0.3) is 0 Å². The van der Waals surface area contributed by atoms with Gasteiger partial charge in [0.05, 0.1) is 13.2 Å². The SMILES string of the molecule is CCN(CC)c1nc(NN)nc(NN2CCOCC2)n1. The van der Waals surface area contributed by atoms with Crippen molar-refractivity contribution in [1.82, 2.24) is 20.0 Å². The summed E-state index contributed by atoms with van der Waals surface area (Å²) in [6.45, 7) is 8.72. The fourth-order valence-electron chi connectivity index (χ4n) is 1.94. The van der Waals surface area contributed by atoms with Gasteiger partial charge < -0.3 is 9.64 Å². The van der Waals surface area contributed by atoms with Gasteiger partial charge in [0.2, 0.25) is 17.8 Å². The summed E-state index contributed by atoms with van der Waals surface area (Å²) in [5, 5.41) is 2.02. The molecule has 0 unspecified atom stereocenters. The Labute approximate surface area is 118 Å². The smallest absolute Gasteiger partial charge is 0.244 e. The average molecular weight is 282 g/mol. The highest BCUT2D eigenvalue weighted by Crippen LogP contribution is 2.13. The van der Waals surface area contributed by atoms with Gasteiger partial charge in [-0.05, 0) is 13.8 Å². The van der Waals surface area contributed by atoms with Crippen molar-refractivity contribution in [2.24, 2.45) is 5.84 Å². The van der Waals surface area contributed by atoms with E-state index in [1.54, 1.807) is 0 Å². The van der Waals surface area contributed by atoms with E-state index in [2.05, 4.69) is 39.7 Å². The molecule has 0 aliphatic carbocycles. The summed E-state index contributed by atoms with van der Waals surface area (Å²) in [4.78, 5) is 15.0. The van der Waals surface area contributed by atoms with Crippen molar-refractivity contribution in [3.8, 4) is 0 Å². The molecular weight excluding hydrogens is 260 g/mol. The lowest BCUT2D eigenvalue weighted by atomic mass is 10.5. The van der Waals surface area contributed by atoms with Gasteiger partial charge in [0.15, 0.2) is 0 Å². The van der Waals surface area contributed by atoms with Gasteiger partial charge in [-0.15, -0.1) is 0 Å². The predicted molar refractivity (Wildman–Crippen MR) is 77.2 cm³/mol. The maximum absolute atomic E-state index is 5.42. The van der Waals surface area contributed by atoms with Crippen molar-refractivity contribution in [2.75, 3.05) is 55.1 Å². The van der Waals surface area contributed by atoms with Gasteiger partial charge in [0.25, 0.3) is 0 Å². The highest BCUT2D eigenvalue weighted by atomic mass is 16.5. The number of nitrogens with one attached hydrogen (secondary N) is 2. The molecular formula is C11H22N8O. The van der Waals surface area contributed by atoms with Gasteiger partial charge in [-0.25, -0.2) is 10.9 Å². The maximum Gasteiger partial charge on any atom is 0.244 e. The van der Waals surface area contributed by atoms with Crippen LogP contribution in [0, 0.1) is 0 Å². The van der Waals surface area contributed by atoms with Crippen LogP contribution in [0.1, 0.15) is 13.8 Å². The predicted octanol–water partition coefficient (Wildman–Crippen LogP) is -0.337. The Kier molecular flexibility index (Phi) is 5.27. The summed E-state index contributed by atoms with van der Waals surface area (Å²) in [5.74, 6) is 6.85. The number of hydrazine groups is 2. The Hall–Kier alpha value is -1.71. The van der Waals surface area contributed by atoms with Crippen molar-refractivity contribution in [3.05, 3.63) is 0 Å². The van der Waals surface area contributed by atoms with Gasteiger partial charge in [-0.1, -0.05) is 0 Å². The van der Waals surface area contributed by atoms with Crippen molar-refractivity contribution in [3.63, 3.8) is 0 Å². The summed E-state index contributed by atoms with van der Waals surface area (Å²) in [6.07, 6.45) is 0. The van der Waals surface area contributed by atoms with E-state index in [1.165, 1.54) is 0 Å². The number of hydrogen-bond donors (Lipinski definition) is 3. The van der Waals surface area contributed by atoms with Crippen LogP contribution < -0.4 is 21.6 Å². The Bertz CT molecular complexity index is 419. The topological polar surface area (TPSA) is 104 Å². The van der Waals surface area contributed by atoms with Gasteiger partial charge in [0.1, 0.15) is 0 Å². The fraction of sp³-hybridized carbons (Fsp3) is 0.727. The molecule has 1 aromatic rings. The van der Waals surface area contributed by atoms with Crippen molar-refractivity contribution in [2.45, 2.75) is 13.8 Å². The average Bonchev–Trinajstić information content (AvgIpc) is 2.49. The highest BCUT2D eigenvalue weighted by Gasteiger charge is 2.14. The van der Waals surface area contributed by atoms with Crippen LogP contribution in [0.4, 0.5) is 17.8 Å². The van der Waals surface area contributed by atoms with Crippen LogP contribution in [0.5, 0.6) is 0 Å². The van der Waals surface area contributed by atoms with E-state index < -0.39 is 0 Å². The second-order valence-electron chi connectivity index (χ2n) is 4.31. The number of nitrogens with two attached hydrogens (primary N) is 1. The summed E-state index contributed by atoms with van der Waals surface area (Å²) in [5.41, 5.74) is 5.64. The van der Waals surface area contributed by atoms with E-state index >= 15 is 0 Å². The molecule has 0 bridgehead atoms. The molecule has 0 radical (unpaired) electrons. The molecule has 1 aliphatic heterocycles. The molecule has 4 N–H and O–H groups in total. The summed E-state index contributed by atoms with van der Waals surface area (Å²) < 4.78 is 5.30. The molecule has 0 aromatic carbocycles. The molecule has 2 rings (SSSR count). The van der Waals surface area contributed by atoms with Crippen LogP contribution in [0.3, 0.4) is 0 Å². The minimum atomic E-state index is 0.345. The lowest BCUT2D eigenvalue weighted by Crippen LogP contribution is -2.41. The molecule has 0 spiro atoms. The lowest BCUT2D eigenvalue weighted by molar-refractivity contribution is 0.0492. The third-order valence-corrected chi connectivity index (χ3v) is 3.07. The quantitative estimate of drug-likeness (QED) is 0.477. The minimum Gasteiger partial charge on any atom is -0.379 e. The first-order valence-corrected chi connectivity index (χ1v) is 6.83. The molecule has 9 heteroatoms. The van der Waals surface area contributed by atoms with E-state index in [-0.39, 0.29) is 0 Å². The third kappa shape index (κ3) is 3.65. The summed E-state index contributed by atoms with van der Waals surface area (Å²) >= 11 is 0. The zero-order chi connectivity index (χ0) is 14.4. The molecule has 20 heavy (non-hydrogen) atoms. The number of nitrogen functional groups attached to an aromatic ring is 1. The summed E-state index contributed by atoms with van der Waals surface area (Å²) in [6, 6.07) is 0. The molecule has 0 amide bonds. The van der Waals surface area contributed by atoms with E-state index in [1.807, 2.05) is 9.91 Å². The standard InChI is InChI=1S/C11H22N8O/c1-3-18(4-2)11-14-9(16-12)13-10(15-11)17-19-5-7-20-8-6-19/h3-8,12H2,1-2H3,(H2,13,14,15,16,17). The van der Waals surface area contributed by atoms with Crippen molar-refractivity contribution >= 4 is 17.8 Å².